The van der Waals surface area contributed by atoms with Gasteiger partial charge in [0.15, 0.2) is 0 Å². The van der Waals surface area contributed by atoms with Crippen LogP contribution in [0.1, 0.15) is 61.6 Å². The molecule has 1 atom stereocenters. The van der Waals surface area contributed by atoms with Crippen molar-refractivity contribution < 1.29 is 19.4 Å². The highest BCUT2D eigenvalue weighted by molar-refractivity contribution is 5.98. The van der Waals surface area contributed by atoms with Gasteiger partial charge < -0.3 is 19.7 Å². The fourth-order valence-electron chi connectivity index (χ4n) is 3.95. The van der Waals surface area contributed by atoms with Gasteiger partial charge in [-0.2, -0.15) is 0 Å². The van der Waals surface area contributed by atoms with Gasteiger partial charge in [-0.25, -0.2) is 9.78 Å². The Morgan fingerprint density at radius 2 is 2.03 bits per heavy atom. The van der Waals surface area contributed by atoms with Gasteiger partial charge in [0.05, 0.1) is 17.9 Å². The Morgan fingerprint density at radius 3 is 2.68 bits per heavy atom. The summed E-state index contributed by atoms with van der Waals surface area (Å²) in [7, 11) is 0. The minimum absolute atomic E-state index is 0.201. The van der Waals surface area contributed by atoms with E-state index in [2.05, 4.69) is 9.97 Å². The second-order valence-corrected chi connectivity index (χ2v) is 7.60. The Kier molecular flexibility index (Phi) is 7.09. The summed E-state index contributed by atoms with van der Waals surface area (Å²) < 4.78 is 5.85. The molecule has 2 heterocycles. The number of carbonyl (C=O) groups excluding carboxylic acids is 1. The Balaban J connectivity index is 2.08. The van der Waals surface area contributed by atoms with Crippen molar-refractivity contribution >= 4 is 11.9 Å². The monoisotopic (exact) mass is 427 g/mol. The molecule has 0 spiro atoms. The first-order chi connectivity index (χ1) is 14.9. The third kappa shape index (κ3) is 4.62. The molecule has 166 valence electrons. The van der Waals surface area contributed by atoms with E-state index in [0.29, 0.717) is 72.8 Å². The lowest BCUT2D eigenvalue weighted by Gasteiger charge is -2.22. The van der Waals surface area contributed by atoms with Gasteiger partial charge in [0.25, 0.3) is 11.5 Å². The summed E-state index contributed by atoms with van der Waals surface area (Å²) in [4.78, 5) is 46.1. The van der Waals surface area contributed by atoms with Gasteiger partial charge in [-0.05, 0) is 50.3 Å². The van der Waals surface area contributed by atoms with Gasteiger partial charge >= 0.3 is 5.97 Å². The number of nitrogens with zero attached hydrogens (tertiary/aromatic N) is 2. The predicted octanol–water partition coefficient (Wildman–Crippen LogP) is 3.04. The minimum Gasteiger partial charge on any atom is -0.493 e. The van der Waals surface area contributed by atoms with Crippen molar-refractivity contribution in [2.45, 2.75) is 58.9 Å². The van der Waals surface area contributed by atoms with Crippen LogP contribution in [0.4, 0.5) is 0 Å². The molecule has 3 rings (SSSR count). The van der Waals surface area contributed by atoms with Gasteiger partial charge in [-0.15, -0.1) is 0 Å². The van der Waals surface area contributed by atoms with E-state index in [0.717, 1.165) is 6.42 Å². The molecule has 2 aromatic rings. The maximum atomic E-state index is 13.1. The Hall–Kier alpha value is -3.16. The van der Waals surface area contributed by atoms with Crippen LogP contribution in [-0.4, -0.2) is 51.0 Å². The molecular formula is C23H29N3O5. The van der Waals surface area contributed by atoms with E-state index in [9.17, 15) is 19.5 Å². The molecule has 1 saturated heterocycles. The van der Waals surface area contributed by atoms with E-state index < -0.39 is 12.0 Å². The highest BCUT2D eigenvalue weighted by Crippen LogP contribution is 2.30. The number of aliphatic carboxylic acids is 1. The molecular weight excluding hydrogens is 398 g/mol. The number of nitrogens with one attached hydrogen (secondary N) is 1. The Morgan fingerprint density at radius 1 is 1.26 bits per heavy atom. The average molecular weight is 428 g/mol. The van der Waals surface area contributed by atoms with E-state index in [-0.39, 0.29) is 11.5 Å². The zero-order valence-corrected chi connectivity index (χ0v) is 18.2. The summed E-state index contributed by atoms with van der Waals surface area (Å²) in [5.41, 5.74) is 2.01. The first kappa shape index (κ1) is 22.5. The number of benzene rings is 1. The van der Waals surface area contributed by atoms with E-state index >= 15 is 0 Å². The van der Waals surface area contributed by atoms with Crippen molar-refractivity contribution in [2.24, 2.45) is 0 Å². The van der Waals surface area contributed by atoms with Crippen LogP contribution in [0.2, 0.25) is 0 Å². The van der Waals surface area contributed by atoms with Crippen LogP contribution in [0.3, 0.4) is 0 Å². The second kappa shape index (κ2) is 9.76. The van der Waals surface area contributed by atoms with Crippen LogP contribution >= 0.6 is 0 Å². The molecule has 8 nitrogen and oxygen atoms in total. The molecule has 1 amide bonds. The fraction of sp³-hybridized carbons (Fsp3) is 0.478. The molecule has 31 heavy (non-hydrogen) atoms. The summed E-state index contributed by atoms with van der Waals surface area (Å²) in [6, 6.07) is 4.13. The third-order valence-corrected chi connectivity index (χ3v) is 5.53. The number of carboxylic acid groups (broad SMARTS) is 1. The number of hydrogen-bond acceptors (Lipinski definition) is 5. The number of amides is 1. The molecule has 0 aliphatic carbocycles. The maximum absolute atomic E-state index is 13.1. The van der Waals surface area contributed by atoms with Crippen LogP contribution in [0, 0.1) is 0 Å². The number of aromatic nitrogens is 2. The molecule has 8 heteroatoms. The molecule has 0 saturated carbocycles. The van der Waals surface area contributed by atoms with Crippen molar-refractivity contribution in [3.05, 3.63) is 45.4 Å². The summed E-state index contributed by atoms with van der Waals surface area (Å²) in [6.07, 6.45) is 3.08. The molecule has 1 aromatic heterocycles. The van der Waals surface area contributed by atoms with Gasteiger partial charge in [0.2, 0.25) is 0 Å². The highest BCUT2D eigenvalue weighted by Gasteiger charge is 2.34. The topological polar surface area (TPSA) is 113 Å². The van der Waals surface area contributed by atoms with Crippen LogP contribution in [0.25, 0.3) is 11.4 Å². The smallest absolute Gasteiger partial charge is 0.326 e. The van der Waals surface area contributed by atoms with Gasteiger partial charge in [-0.3, -0.25) is 9.59 Å². The van der Waals surface area contributed by atoms with Gasteiger partial charge in [0.1, 0.15) is 17.6 Å². The lowest BCUT2D eigenvalue weighted by molar-refractivity contribution is -0.141. The minimum atomic E-state index is -0.997. The van der Waals surface area contributed by atoms with E-state index in [1.807, 2.05) is 20.8 Å². The second-order valence-electron chi connectivity index (χ2n) is 7.60. The van der Waals surface area contributed by atoms with Crippen LogP contribution < -0.4 is 10.3 Å². The first-order valence-electron chi connectivity index (χ1n) is 10.8. The zero-order valence-electron chi connectivity index (χ0n) is 18.2. The summed E-state index contributed by atoms with van der Waals surface area (Å²) in [6.45, 7) is 6.72. The van der Waals surface area contributed by atoms with E-state index in [4.69, 9.17) is 4.74 Å². The van der Waals surface area contributed by atoms with E-state index in [1.165, 1.54) is 4.90 Å². The van der Waals surface area contributed by atoms with Gasteiger partial charge in [0, 0.05) is 17.7 Å². The number of aryl methyl sites for hydroxylation is 1. The van der Waals surface area contributed by atoms with Crippen LogP contribution in [-0.2, 0) is 17.6 Å². The Bertz CT molecular complexity index is 1030. The van der Waals surface area contributed by atoms with Crippen molar-refractivity contribution in [1.82, 2.24) is 14.9 Å². The molecule has 0 bridgehead atoms. The van der Waals surface area contributed by atoms with Crippen LogP contribution in [0.15, 0.2) is 23.0 Å². The summed E-state index contributed by atoms with van der Waals surface area (Å²) in [5.74, 6) is -0.487. The van der Waals surface area contributed by atoms with Crippen LogP contribution in [0.5, 0.6) is 5.75 Å². The SMILES string of the molecule is CCCOc1ccc(C(=O)N2CCC[C@H]2C(=O)O)cc1-c1nc(CC)c(CC)c(=O)[nH]1. The molecule has 0 radical (unpaired) electrons. The van der Waals surface area contributed by atoms with E-state index in [1.54, 1.807) is 18.2 Å². The van der Waals surface area contributed by atoms with Crippen molar-refractivity contribution in [1.29, 1.82) is 0 Å². The number of carboxylic acids is 1. The number of aromatic amines is 1. The number of H-pyrrole nitrogens is 1. The molecule has 2 N–H and O–H groups in total. The number of hydrogen-bond donors (Lipinski definition) is 2. The van der Waals surface area contributed by atoms with Crippen molar-refractivity contribution in [3.63, 3.8) is 0 Å². The number of likely N-dealkylation sites (tertiary alicyclic amines) is 1. The third-order valence-electron chi connectivity index (χ3n) is 5.53. The summed E-state index contributed by atoms with van der Waals surface area (Å²) in [5, 5.41) is 9.43. The largest absolute Gasteiger partial charge is 0.493 e. The number of carbonyl (C=O) groups is 2. The van der Waals surface area contributed by atoms with Crippen molar-refractivity contribution in [3.8, 4) is 17.1 Å². The van der Waals surface area contributed by atoms with Gasteiger partial charge in [-0.1, -0.05) is 20.8 Å². The highest BCUT2D eigenvalue weighted by atomic mass is 16.5. The molecule has 1 aromatic carbocycles. The molecule has 1 fully saturated rings. The zero-order chi connectivity index (χ0) is 22.5. The molecule has 0 unspecified atom stereocenters. The average Bonchev–Trinajstić information content (AvgIpc) is 3.26. The maximum Gasteiger partial charge on any atom is 0.326 e. The molecule has 1 aliphatic rings. The lowest BCUT2D eigenvalue weighted by Crippen LogP contribution is -2.40. The lowest BCUT2D eigenvalue weighted by atomic mass is 10.1. The Labute approximate surface area is 181 Å². The fourth-order valence-corrected chi connectivity index (χ4v) is 3.95. The molecule has 1 aliphatic heterocycles. The number of rotatable bonds is 8. The van der Waals surface area contributed by atoms with Crippen molar-refractivity contribution in [2.75, 3.05) is 13.2 Å². The predicted molar refractivity (Wildman–Crippen MR) is 117 cm³/mol. The normalized spacial score (nSPS) is 15.8. The standard InChI is InChI=1S/C23H29N3O5/c1-4-12-31-19-10-9-14(22(28)26-11-7-8-18(26)23(29)30)13-16(19)20-24-17(6-3)15(5-2)21(27)25-20/h9-10,13,18H,4-8,11-12H2,1-3H3,(H,29,30)(H,24,25,27)/t18-/m0/s1. The summed E-state index contributed by atoms with van der Waals surface area (Å²) >= 11 is 0. The number of ether oxygens (including phenoxy) is 1. The quantitative estimate of drug-likeness (QED) is 0.670. The first-order valence-corrected chi connectivity index (χ1v) is 10.8.